The van der Waals surface area contributed by atoms with Gasteiger partial charge in [-0.1, -0.05) is 43.7 Å². The van der Waals surface area contributed by atoms with Crippen LogP contribution in [-0.2, 0) is 5.75 Å². The average Bonchev–Trinajstić information content (AvgIpc) is 2.30. The van der Waals surface area contributed by atoms with Gasteiger partial charge < -0.3 is 5.32 Å². The van der Waals surface area contributed by atoms with E-state index in [1.54, 1.807) is 0 Å². The molecule has 1 rings (SSSR count). The molecule has 16 heavy (non-hydrogen) atoms. The molecular weight excluding hydrogens is 214 g/mol. The third-order valence-electron chi connectivity index (χ3n) is 2.57. The predicted molar refractivity (Wildman–Crippen MR) is 75.0 cm³/mol. The number of hydrogen-bond acceptors (Lipinski definition) is 2. The molecule has 1 unspecified atom stereocenters. The van der Waals surface area contributed by atoms with Crippen molar-refractivity contribution in [1.29, 1.82) is 0 Å². The van der Waals surface area contributed by atoms with Gasteiger partial charge in [0, 0.05) is 24.1 Å². The summed E-state index contributed by atoms with van der Waals surface area (Å²) in [6.45, 7) is 5.63. The van der Waals surface area contributed by atoms with Gasteiger partial charge >= 0.3 is 0 Å². The van der Waals surface area contributed by atoms with Gasteiger partial charge in [0.2, 0.25) is 0 Å². The molecule has 0 fully saturated rings. The van der Waals surface area contributed by atoms with Crippen LogP contribution in [0.5, 0.6) is 0 Å². The highest BCUT2D eigenvalue weighted by Crippen LogP contribution is 2.10. The van der Waals surface area contributed by atoms with Crippen molar-refractivity contribution in [3.63, 3.8) is 0 Å². The summed E-state index contributed by atoms with van der Waals surface area (Å²) in [6.07, 6.45) is 2.55. The van der Waals surface area contributed by atoms with Gasteiger partial charge in [0.1, 0.15) is 0 Å². The number of rotatable bonds is 8. The molecule has 2 heteroatoms. The summed E-state index contributed by atoms with van der Waals surface area (Å²) in [7, 11) is 0. The fourth-order valence-corrected chi connectivity index (χ4v) is 2.51. The first-order valence-electron chi connectivity index (χ1n) is 6.18. The van der Waals surface area contributed by atoms with Crippen molar-refractivity contribution in [2.24, 2.45) is 0 Å². The van der Waals surface area contributed by atoms with Crippen molar-refractivity contribution >= 4 is 11.8 Å². The Morgan fingerprint density at radius 2 is 2.00 bits per heavy atom. The van der Waals surface area contributed by atoms with Gasteiger partial charge in [0.05, 0.1) is 0 Å². The molecule has 0 bridgehead atoms. The van der Waals surface area contributed by atoms with E-state index in [1.807, 2.05) is 11.8 Å². The summed E-state index contributed by atoms with van der Waals surface area (Å²) >= 11 is 2.00. The molecule has 0 saturated carbocycles. The molecule has 90 valence electrons. The number of hydrogen-bond donors (Lipinski definition) is 1. The molecule has 1 N–H and O–H groups in total. The van der Waals surface area contributed by atoms with Crippen LogP contribution in [0.3, 0.4) is 0 Å². The Kier molecular flexibility index (Phi) is 7.35. The summed E-state index contributed by atoms with van der Waals surface area (Å²) in [4.78, 5) is 0. The van der Waals surface area contributed by atoms with Gasteiger partial charge in [-0.15, -0.1) is 0 Å². The van der Waals surface area contributed by atoms with Crippen LogP contribution in [0.4, 0.5) is 0 Å². The first-order chi connectivity index (χ1) is 7.83. The zero-order valence-corrected chi connectivity index (χ0v) is 11.2. The lowest BCUT2D eigenvalue weighted by atomic mass is 10.2. The maximum Gasteiger partial charge on any atom is 0.0185 e. The van der Waals surface area contributed by atoms with Crippen molar-refractivity contribution in [1.82, 2.24) is 5.32 Å². The van der Waals surface area contributed by atoms with Crippen molar-refractivity contribution in [3.8, 4) is 0 Å². The Bertz CT molecular complexity index is 261. The summed E-state index contributed by atoms with van der Waals surface area (Å²) < 4.78 is 0. The second-order valence-electron chi connectivity index (χ2n) is 4.18. The molecule has 0 aliphatic rings. The summed E-state index contributed by atoms with van der Waals surface area (Å²) in [5, 5.41) is 3.55. The third-order valence-corrected chi connectivity index (χ3v) is 3.60. The van der Waals surface area contributed by atoms with Gasteiger partial charge in [-0.25, -0.2) is 0 Å². The molecule has 0 aromatic heterocycles. The molecule has 1 nitrogen and oxygen atoms in total. The Labute approximate surface area is 104 Å². The molecule has 0 heterocycles. The highest BCUT2D eigenvalue weighted by molar-refractivity contribution is 7.98. The minimum absolute atomic E-state index is 0.669. The normalized spacial score (nSPS) is 12.6. The molecule has 0 aliphatic carbocycles. The van der Waals surface area contributed by atoms with Crippen molar-refractivity contribution in [2.75, 3.05) is 12.3 Å². The molecule has 0 radical (unpaired) electrons. The summed E-state index contributed by atoms with van der Waals surface area (Å²) in [5.41, 5.74) is 1.43. The van der Waals surface area contributed by atoms with E-state index in [2.05, 4.69) is 49.5 Å². The second-order valence-corrected chi connectivity index (χ2v) is 5.29. The van der Waals surface area contributed by atoms with Crippen molar-refractivity contribution in [2.45, 2.75) is 38.5 Å². The van der Waals surface area contributed by atoms with E-state index >= 15 is 0 Å². The first-order valence-corrected chi connectivity index (χ1v) is 7.33. The molecule has 0 aliphatic heterocycles. The van der Waals surface area contributed by atoms with E-state index in [9.17, 15) is 0 Å². The molecule has 1 atom stereocenters. The van der Waals surface area contributed by atoms with E-state index in [0.29, 0.717) is 6.04 Å². The van der Waals surface area contributed by atoms with Gasteiger partial charge in [0.15, 0.2) is 0 Å². The van der Waals surface area contributed by atoms with Crippen LogP contribution in [0, 0.1) is 0 Å². The van der Waals surface area contributed by atoms with Crippen LogP contribution < -0.4 is 5.32 Å². The average molecular weight is 237 g/mol. The SMILES string of the molecule is CCCC(C)NCCSCc1ccccc1. The Hall–Kier alpha value is -0.470. The highest BCUT2D eigenvalue weighted by Gasteiger charge is 1.98. The molecule has 1 aromatic rings. The second kappa shape index (κ2) is 8.66. The number of thioether (sulfide) groups is 1. The molecule has 0 amide bonds. The first kappa shape index (κ1) is 13.6. The quantitative estimate of drug-likeness (QED) is 0.692. The number of nitrogens with one attached hydrogen (secondary N) is 1. The van der Waals surface area contributed by atoms with Gasteiger partial charge in [-0.2, -0.15) is 11.8 Å². The minimum atomic E-state index is 0.669. The maximum atomic E-state index is 3.55. The van der Waals surface area contributed by atoms with E-state index in [4.69, 9.17) is 0 Å². The molecular formula is C14H23NS. The standard InChI is InChI=1S/C14H23NS/c1-3-7-13(2)15-10-11-16-12-14-8-5-4-6-9-14/h4-6,8-9,13,15H,3,7,10-12H2,1-2H3. The Balaban J connectivity index is 2.00. The highest BCUT2D eigenvalue weighted by atomic mass is 32.2. The lowest BCUT2D eigenvalue weighted by Gasteiger charge is -2.12. The maximum absolute atomic E-state index is 3.55. The van der Waals surface area contributed by atoms with E-state index in [-0.39, 0.29) is 0 Å². The van der Waals surface area contributed by atoms with E-state index in [0.717, 1.165) is 12.3 Å². The zero-order valence-electron chi connectivity index (χ0n) is 10.4. The largest absolute Gasteiger partial charge is 0.313 e. The third kappa shape index (κ3) is 6.19. The van der Waals surface area contributed by atoms with Gasteiger partial charge in [-0.05, 0) is 18.9 Å². The Morgan fingerprint density at radius 3 is 2.69 bits per heavy atom. The van der Waals surface area contributed by atoms with E-state index < -0.39 is 0 Å². The van der Waals surface area contributed by atoms with Crippen LogP contribution >= 0.6 is 11.8 Å². The number of benzene rings is 1. The summed E-state index contributed by atoms with van der Waals surface area (Å²) in [6, 6.07) is 11.3. The summed E-state index contributed by atoms with van der Waals surface area (Å²) in [5.74, 6) is 2.33. The smallest absolute Gasteiger partial charge is 0.0185 e. The fourth-order valence-electron chi connectivity index (χ4n) is 1.68. The van der Waals surface area contributed by atoms with Gasteiger partial charge in [-0.3, -0.25) is 0 Å². The lowest BCUT2D eigenvalue weighted by Crippen LogP contribution is -2.27. The van der Waals surface area contributed by atoms with Crippen molar-refractivity contribution in [3.05, 3.63) is 35.9 Å². The van der Waals surface area contributed by atoms with Gasteiger partial charge in [0.25, 0.3) is 0 Å². The van der Waals surface area contributed by atoms with Crippen molar-refractivity contribution < 1.29 is 0 Å². The molecule has 0 saturated heterocycles. The van der Waals surface area contributed by atoms with Crippen LogP contribution in [0.2, 0.25) is 0 Å². The monoisotopic (exact) mass is 237 g/mol. The van der Waals surface area contributed by atoms with Crippen LogP contribution in [0.15, 0.2) is 30.3 Å². The lowest BCUT2D eigenvalue weighted by molar-refractivity contribution is 0.526. The van der Waals surface area contributed by atoms with E-state index in [1.165, 1.54) is 24.2 Å². The minimum Gasteiger partial charge on any atom is -0.313 e. The topological polar surface area (TPSA) is 12.0 Å². The molecule has 1 aromatic carbocycles. The zero-order chi connectivity index (χ0) is 11.6. The Morgan fingerprint density at radius 1 is 1.25 bits per heavy atom. The van der Waals surface area contributed by atoms with Crippen LogP contribution in [0.25, 0.3) is 0 Å². The predicted octanol–water partition coefficient (Wildman–Crippen LogP) is 3.70. The molecule has 0 spiro atoms. The van der Waals surface area contributed by atoms with Crippen LogP contribution in [0.1, 0.15) is 32.3 Å². The fraction of sp³-hybridized carbons (Fsp3) is 0.571. The van der Waals surface area contributed by atoms with Crippen LogP contribution in [-0.4, -0.2) is 18.3 Å².